The molecule has 1 aromatic carbocycles. The average molecular weight is 346 g/mol. The first kappa shape index (κ1) is 18.5. The van der Waals surface area contributed by atoms with Crippen LogP contribution in [0.5, 0.6) is 5.88 Å². The van der Waals surface area contributed by atoms with Gasteiger partial charge in [0.05, 0.1) is 13.7 Å². The maximum Gasteiger partial charge on any atom is 0.262 e. The van der Waals surface area contributed by atoms with Crippen LogP contribution >= 0.6 is 0 Å². The van der Waals surface area contributed by atoms with Crippen molar-refractivity contribution in [2.75, 3.05) is 26.1 Å². The molecule has 0 spiro atoms. The number of hydrogen-bond acceptors (Lipinski definition) is 5. The molecule has 1 atom stereocenters. The lowest BCUT2D eigenvalue weighted by Gasteiger charge is -2.13. The van der Waals surface area contributed by atoms with Gasteiger partial charge in [-0.25, -0.2) is 0 Å². The zero-order chi connectivity index (χ0) is 18.4. The molecule has 2 amide bonds. The molecule has 0 saturated heterocycles. The zero-order valence-electron chi connectivity index (χ0n) is 14.7. The first-order valence-corrected chi connectivity index (χ1v) is 7.73. The van der Waals surface area contributed by atoms with Crippen LogP contribution in [0.15, 0.2) is 30.5 Å². The van der Waals surface area contributed by atoms with Crippen molar-refractivity contribution in [3.63, 3.8) is 0 Å². The Kier molecular flexibility index (Phi) is 6.13. The fraction of sp³-hybridized carbons (Fsp3) is 0.353. The second kappa shape index (κ2) is 8.29. The van der Waals surface area contributed by atoms with E-state index in [1.54, 1.807) is 44.6 Å². The molecule has 2 N–H and O–H groups in total. The highest BCUT2D eigenvalue weighted by Gasteiger charge is 2.17. The van der Waals surface area contributed by atoms with Gasteiger partial charge in [0.1, 0.15) is 5.56 Å². The summed E-state index contributed by atoms with van der Waals surface area (Å²) in [6.07, 6.45) is 1.58. The Morgan fingerprint density at radius 1 is 1.20 bits per heavy atom. The number of benzene rings is 1. The van der Waals surface area contributed by atoms with E-state index in [2.05, 4.69) is 15.7 Å². The quantitative estimate of drug-likeness (QED) is 0.791. The Balaban J connectivity index is 2.02. The number of rotatable bonds is 7. The predicted molar refractivity (Wildman–Crippen MR) is 93.0 cm³/mol. The molecule has 2 rings (SSSR count). The maximum absolute atomic E-state index is 12.3. The first-order valence-electron chi connectivity index (χ1n) is 7.73. The van der Waals surface area contributed by atoms with E-state index < -0.39 is 0 Å². The van der Waals surface area contributed by atoms with Crippen LogP contribution in [0.2, 0.25) is 0 Å². The van der Waals surface area contributed by atoms with Gasteiger partial charge in [-0.2, -0.15) is 0 Å². The Labute approximate surface area is 146 Å². The average Bonchev–Trinajstić information content (AvgIpc) is 2.96. The SMILES string of the molecule is COCC(C)NC(=O)c1ccc(NC(=O)c2cn(C)nc2OC)cc1. The summed E-state index contributed by atoms with van der Waals surface area (Å²) in [5, 5.41) is 9.61. The minimum Gasteiger partial charge on any atom is -0.479 e. The minimum absolute atomic E-state index is 0.0880. The Morgan fingerprint density at radius 3 is 2.48 bits per heavy atom. The third kappa shape index (κ3) is 4.80. The molecule has 0 aliphatic carbocycles. The smallest absolute Gasteiger partial charge is 0.262 e. The number of amides is 2. The van der Waals surface area contributed by atoms with Gasteiger partial charge in [-0.05, 0) is 31.2 Å². The number of methoxy groups -OCH3 is 2. The number of aromatic nitrogens is 2. The van der Waals surface area contributed by atoms with Crippen LogP contribution in [0.1, 0.15) is 27.6 Å². The van der Waals surface area contributed by atoms with Gasteiger partial charge in [0.25, 0.3) is 11.8 Å². The van der Waals surface area contributed by atoms with Gasteiger partial charge in [-0.3, -0.25) is 14.3 Å². The highest BCUT2D eigenvalue weighted by molar-refractivity contribution is 6.06. The van der Waals surface area contributed by atoms with Crippen molar-refractivity contribution in [1.29, 1.82) is 0 Å². The predicted octanol–water partition coefficient (Wildman–Crippen LogP) is 1.45. The summed E-state index contributed by atoms with van der Waals surface area (Å²) in [6, 6.07) is 6.53. The summed E-state index contributed by atoms with van der Waals surface area (Å²) in [5.74, 6) is -0.282. The van der Waals surface area contributed by atoms with E-state index in [0.717, 1.165) is 0 Å². The van der Waals surface area contributed by atoms with Crippen LogP contribution < -0.4 is 15.4 Å². The first-order chi connectivity index (χ1) is 11.9. The number of carbonyl (C=O) groups excluding carboxylic acids is 2. The topological polar surface area (TPSA) is 94.5 Å². The van der Waals surface area contributed by atoms with Crippen LogP contribution in [0, 0.1) is 0 Å². The summed E-state index contributed by atoms with van der Waals surface area (Å²) in [5.41, 5.74) is 1.40. The Bertz CT molecular complexity index is 740. The van der Waals surface area contributed by atoms with E-state index in [4.69, 9.17) is 9.47 Å². The van der Waals surface area contributed by atoms with Crippen molar-refractivity contribution in [2.24, 2.45) is 7.05 Å². The van der Waals surface area contributed by atoms with Crippen LogP contribution in [-0.4, -0.2) is 48.5 Å². The summed E-state index contributed by atoms with van der Waals surface area (Å²) >= 11 is 0. The number of carbonyl (C=O) groups is 2. The zero-order valence-corrected chi connectivity index (χ0v) is 14.7. The van der Waals surface area contributed by atoms with E-state index in [9.17, 15) is 9.59 Å². The molecule has 1 unspecified atom stereocenters. The van der Waals surface area contributed by atoms with Gasteiger partial charge in [-0.15, -0.1) is 5.10 Å². The van der Waals surface area contributed by atoms with Crippen LogP contribution in [0.4, 0.5) is 5.69 Å². The standard InChI is InChI=1S/C17H22N4O4/c1-11(10-24-3)18-15(22)12-5-7-13(8-6-12)19-16(23)14-9-21(2)20-17(14)25-4/h5-9,11H,10H2,1-4H3,(H,18,22)(H,19,23). The summed E-state index contributed by atoms with van der Waals surface area (Å²) < 4.78 is 11.6. The van der Waals surface area contributed by atoms with E-state index in [0.29, 0.717) is 23.4 Å². The molecule has 134 valence electrons. The lowest BCUT2D eigenvalue weighted by atomic mass is 10.1. The number of aryl methyl sites for hydroxylation is 1. The molecule has 1 heterocycles. The monoisotopic (exact) mass is 346 g/mol. The Morgan fingerprint density at radius 2 is 1.88 bits per heavy atom. The highest BCUT2D eigenvalue weighted by Crippen LogP contribution is 2.17. The second-order valence-electron chi connectivity index (χ2n) is 5.59. The molecule has 0 aliphatic rings. The van der Waals surface area contributed by atoms with Gasteiger partial charge in [-0.1, -0.05) is 0 Å². The van der Waals surface area contributed by atoms with E-state index in [-0.39, 0.29) is 23.7 Å². The van der Waals surface area contributed by atoms with Gasteiger partial charge < -0.3 is 20.1 Å². The molecular weight excluding hydrogens is 324 g/mol. The number of ether oxygens (including phenoxy) is 2. The van der Waals surface area contributed by atoms with Gasteiger partial charge in [0.15, 0.2) is 0 Å². The van der Waals surface area contributed by atoms with Crippen molar-refractivity contribution in [1.82, 2.24) is 15.1 Å². The maximum atomic E-state index is 12.3. The van der Waals surface area contributed by atoms with E-state index in [1.165, 1.54) is 11.8 Å². The molecule has 25 heavy (non-hydrogen) atoms. The largest absolute Gasteiger partial charge is 0.479 e. The molecule has 8 nitrogen and oxygen atoms in total. The van der Waals surface area contributed by atoms with E-state index in [1.807, 2.05) is 6.92 Å². The van der Waals surface area contributed by atoms with Crippen molar-refractivity contribution >= 4 is 17.5 Å². The van der Waals surface area contributed by atoms with Gasteiger partial charge in [0.2, 0.25) is 5.88 Å². The van der Waals surface area contributed by atoms with Crippen LogP contribution in [0.3, 0.4) is 0 Å². The van der Waals surface area contributed by atoms with Crippen molar-refractivity contribution in [2.45, 2.75) is 13.0 Å². The normalized spacial score (nSPS) is 11.7. The van der Waals surface area contributed by atoms with Crippen molar-refractivity contribution in [3.8, 4) is 5.88 Å². The third-order valence-corrected chi connectivity index (χ3v) is 3.43. The lowest BCUT2D eigenvalue weighted by Crippen LogP contribution is -2.35. The fourth-order valence-electron chi connectivity index (χ4n) is 2.28. The van der Waals surface area contributed by atoms with Gasteiger partial charge in [0, 0.05) is 37.6 Å². The minimum atomic E-state index is -0.337. The lowest BCUT2D eigenvalue weighted by molar-refractivity contribution is 0.0905. The molecule has 1 aromatic heterocycles. The molecular formula is C17H22N4O4. The number of anilines is 1. The molecule has 0 saturated carbocycles. The van der Waals surface area contributed by atoms with Crippen molar-refractivity contribution in [3.05, 3.63) is 41.6 Å². The summed E-state index contributed by atoms with van der Waals surface area (Å²) in [7, 11) is 4.74. The molecule has 2 aromatic rings. The second-order valence-corrected chi connectivity index (χ2v) is 5.59. The van der Waals surface area contributed by atoms with Crippen molar-refractivity contribution < 1.29 is 19.1 Å². The summed E-state index contributed by atoms with van der Waals surface area (Å²) in [6.45, 7) is 2.30. The van der Waals surface area contributed by atoms with E-state index >= 15 is 0 Å². The number of nitrogens with one attached hydrogen (secondary N) is 2. The fourth-order valence-corrected chi connectivity index (χ4v) is 2.28. The Hall–Kier alpha value is -2.87. The van der Waals surface area contributed by atoms with Gasteiger partial charge >= 0.3 is 0 Å². The summed E-state index contributed by atoms with van der Waals surface area (Å²) in [4.78, 5) is 24.4. The van der Waals surface area contributed by atoms with Crippen LogP contribution in [-0.2, 0) is 11.8 Å². The number of hydrogen-bond donors (Lipinski definition) is 2. The molecule has 0 bridgehead atoms. The van der Waals surface area contributed by atoms with Crippen LogP contribution in [0.25, 0.3) is 0 Å². The number of nitrogens with zero attached hydrogens (tertiary/aromatic N) is 2. The highest BCUT2D eigenvalue weighted by atomic mass is 16.5. The molecule has 0 aliphatic heterocycles. The molecule has 0 fully saturated rings. The molecule has 0 radical (unpaired) electrons. The molecule has 8 heteroatoms. The third-order valence-electron chi connectivity index (χ3n) is 3.43.